The molecule has 1 amide bonds. The largest absolute Gasteiger partial charge is 0.458 e. The lowest BCUT2D eigenvalue weighted by molar-refractivity contribution is -0.145. The smallest absolute Gasteiger partial charge is 0.325 e. The highest BCUT2D eigenvalue weighted by Crippen LogP contribution is 2.28. The van der Waals surface area contributed by atoms with Crippen LogP contribution in [0.5, 0.6) is 0 Å². The normalized spacial score (nSPS) is 12.7. The highest BCUT2D eigenvalue weighted by Gasteiger charge is 2.23. The SMILES string of the molecule is CCC(=O)NCC(=O)OCc1nn(-c2ccc(F)cc2)c2c1CCC2. The third-order valence-corrected chi connectivity index (χ3v) is 4.21. The second-order valence-corrected chi connectivity index (χ2v) is 5.90. The topological polar surface area (TPSA) is 73.2 Å². The Balaban J connectivity index is 1.70. The van der Waals surface area contributed by atoms with Gasteiger partial charge in [-0.05, 0) is 43.5 Å². The molecule has 6 nitrogen and oxygen atoms in total. The van der Waals surface area contributed by atoms with E-state index in [1.165, 1.54) is 12.1 Å². The van der Waals surface area contributed by atoms with Gasteiger partial charge in [0.1, 0.15) is 24.7 Å². The zero-order valence-corrected chi connectivity index (χ0v) is 14.0. The summed E-state index contributed by atoms with van der Waals surface area (Å²) in [7, 11) is 0. The van der Waals surface area contributed by atoms with Crippen molar-refractivity contribution in [2.24, 2.45) is 0 Å². The van der Waals surface area contributed by atoms with Crippen LogP contribution in [0.25, 0.3) is 5.69 Å². The number of hydrogen-bond donors (Lipinski definition) is 1. The number of carbonyl (C=O) groups is 2. The summed E-state index contributed by atoms with van der Waals surface area (Å²) in [6.45, 7) is 1.64. The highest BCUT2D eigenvalue weighted by atomic mass is 19.1. The van der Waals surface area contributed by atoms with Gasteiger partial charge in [-0.15, -0.1) is 0 Å². The van der Waals surface area contributed by atoms with Crippen molar-refractivity contribution in [1.29, 1.82) is 0 Å². The van der Waals surface area contributed by atoms with Crippen molar-refractivity contribution in [3.8, 4) is 5.69 Å². The molecule has 0 fully saturated rings. The number of carbonyl (C=O) groups excluding carboxylic acids is 2. The molecule has 0 saturated carbocycles. The number of ether oxygens (including phenoxy) is 1. The summed E-state index contributed by atoms with van der Waals surface area (Å²) in [5, 5.41) is 7.03. The first-order valence-electron chi connectivity index (χ1n) is 8.36. The lowest BCUT2D eigenvalue weighted by Crippen LogP contribution is -2.29. The molecule has 3 rings (SSSR count). The molecule has 1 aromatic heterocycles. The zero-order valence-electron chi connectivity index (χ0n) is 14.0. The lowest BCUT2D eigenvalue weighted by atomic mass is 10.2. The minimum Gasteiger partial charge on any atom is -0.458 e. The fraction of sp³-hybridized carbons (Fsp3) is 0.389. The van der Waals surface area contributed by atoms with Gasteiger partial charge >= 0.3 is 5.97 Å². The molecule has 0 radical (unpaired) electrons. The van der Waals surface area contributed by atoms with Gasteiger partial charge in [-0.25, -0.2) is 9.07 Å². The molecule has 1 aliphatic rings. The Labute approximate surface area is 145 Å². The van der Waals surface area contributed by atoms with Gasteiger partial charge in [-0.2, -0.15) is 5.10 Å². The Bertz CT molecular complexity index is 784. The molecule has 1 N–H and O–H groups in total. The van der Waals surface area contributed by atoms with Crippen molar-refractivity contribution in [1.82, 2.24) is 15.1 Å². The molecular weight excluding hydrogens is 325 g/mol. The van der Waals surface area contributed by atoms with Gasteiger partial charge in [-0.1, -0.05) is 6.92 Å². The van der Waals surface area contributed by atoms with Gasteiger partial charge in [0.15, 0.2) is 0 Å². The van der Waals surface area contributed by atoms with E-state index in [4.69, 9.17) is 4.74 Å². The first-order valence-corrected chi connectivity index (χ1v) is 8.36. The molecule has 0 bridgehead atoms. The second kappa shape index (κ2) is 7.46. The second-order valence-electron chi connectivity index (χ2n) is 5.90. The number of hydrogen-bond acceptors (Lipinski definition) is 4. The van der Waals surface area contributed by atoms with Gasteiger partial charge in [0.05, 0.1) is 5.69 Å². The lowest BCUT2D eigenvalue weighted by Gasteiger charge is -2.06. The summed E-state index contributed by atoms with van der Waals surface area (Å²) in [4.78, 5) is 22.9. The number of nitrogens with zero attached hydrogens (tertiary/aromatic N) is 2. The summed E-state index contributed by atoms with van der Waals surface area (Å²) in [6.07, 6.45) is 3.11. The van der Waals surface area contributed by atoms with Crippen LogP contribution >= 0.6 is 0 Å². The highest BCUT2D eigenvalue weighted by molar-refractivity contribution is 5.81. The van der Waals surface area contributed by atoms with Crippen LogP contribution in [0.4, 0.5) is 4.39 Å². The van der Waals surface area contributed by atoms with Crippen LogP contribution in [0.2, 0.25) is 0 Å². The minimum atomic E-state index is -0.495. The fourth-order valence-electron chi connectivity index (χ4n) is 2.92. The minimum absolute atomic E-state index is 0.0668. The van der Waals surface area contributed by atoms with E-state index in [1.807, 2.05) is 0 Å². The maximum absolute atomic E-state index is 13.1. The van der Waals surface area contributed by atoms with E-state index in [-0.39, 0.29) is 24.9 Å². The molecule has 1 aliphatic carbocycles. The van der Waals surface area contributed by atoms with Crippen LogP contribution in [-0.2, 0) is 33.8 Å². The number of esters is 1. The molecule has 1 heterocycles. The summed E-state index contributed by atoms with van der Waals surface area (Å²) >= 11 is 0. The molecule has 132 valence electrons. The number of halogens is 1. The van der Waals surface area contributed by atoms with Crippen molar-refractivity contribution in [2.45, 2.75) is 39.2 Å². The molecule has 7 heteroatoms. The molecule has 1 aromatic carbocycles. The molecule has 2 aromatic rings. The Morgan fingerprint density at radius 3 is 2.76 bits per heavy atom. The summed E-state index contributed by atoms with van der Waals surface area (Å²) < 4.78 is 20.2. The summed E-state index contributed by atoms with van der Waals surface area (Å²) in [5.74, 6) is -0.987. The van der Waals surface area contributed by atoms with Crippen molar-refractivity contribution in [2.75, 3.05) is 6.54 Å². The third kappa shape index (κ3) is 3.87. The third-order valence-electron chi connectivity index (χ3n) is 4.21. The van der Waals surface area contributed by atoms with Crippen molar-refractivity contribution in [3.63, 3.8) is 0 Å². The molecule has 0 spiro atoms. The van der Waals surface area contributed by atoms with E-state index in [9.17, 15) is 14.0 Å². The van der Waals surface area contributed by atoms with Crippen molar-refractivity contribution < 1.29 is 18.7 Å². The number of fused-ring (bicyclic) bond motifs is 1. The van der Waals surface area contributed by atoms with Crippen LogP contribution in [0.15, 0.2) is 24.3 Å². The molecule has 0 atom stereocenters. The van der Waals surface area contributed by atoms with E-state index in [1.54, 1.807) is 23.7 Å². The van der Waals surface area contributed by atoms with Gasteiger partial charge in [-0.3, -0.25) is 9.59 Å². The van der Waals surface area contributed by atoms with Crippen LogP contribution < -0.4 is 5.32 Å². The zero-order chi connectivity index (χ0) is 17.8. The predicted molar refractivity (Wildman–Crippen MR) is 88.6 cm³/mol. The van der Waals surface area contributed by atoms with E-state index in [0.29, 0.717) is 12.1 Å². The number of rotatable bonds is 6. The first kappa shape index (κ1) is 17.1. The van der Waals surface area contributed by atoms with Gasteiger partial charge < -0.3 is 10.1 Å². The molecular formula is C18H20FN3O3. The van der Waals surface area contributed by atoms with Crippen LogP contribution in [0.1, 0.15) is 36.7 Å². The molecule has 0 saturated heterocycles. The Kier molecular flexibility index (Phi) is 5.11. The van der Waals surface area contributed by atoms with Gasteiger partial charge in [0, 0.05) is 17.7 Å². The van der Waals surface area contributed by atoms with Crippen LogP contribution in [-0.4, -0.2) is 28.2 Å². The monoisotopic (exact) mass is 345 g/mol. The predicted octanol–water partition coefficient (Wildman–Crippen LogP) is 2.07. The average molecular weight is 345 g/mol. The summed E-state index contributed by atoms with van der Waals surface area (Å²) in [5.41, 5.74) is 3.67. The van der Waals surface area contributed by atoms with Crippen molar-refractivity contribution in [3.05, 3.63) is 47.0 Å². The fourth-order valence-corrected chi connectivity index (χ4v) is 2.92. The van der Waals surface area contributed by atoms with E-state index in [0.717, 1.165) is 36.2 Å². The van der Waals surface area contributed by atoms with Crippen molar-refractivity contribution >= 4 is 11.9 Å². The standard InChI is InChI=1S/C18H20FN3O3/c1-2-17(23)20-10-18(24)25-11-15-14-4-3-5-16(14)22(21-15)13-8-6-12(19)7-9-13/h6-9H,2-5,10-11H2,1H3,(H,20,23). The Morgan fingerprint density at radius 2 is 2.04 bits per heavy atom. The molecule has 0 unspecified atom stereocenters. The maximum Gasteiger partial charge on any atom is 0.325 e. The summed E-state index contributed by atoms with van der Waals surface area (Å²) in [6, 6.07) is 6.15. The van der Waals surface area contributed by atoms with E-state index in [2.05, 4.69) is 10.4 Å². The number of benzene rings is 1. The molecule has 25 heavy (non-hydrogen) atoms. The quantitative estimate of drug-likeness (QED) is 0.814. The Hall–Kier alpha value is -2.70. The maximum atomic E-state index is 13.1. The number of aromatic nitrogens is 2. The first-order chi connectivity index (χ1) is 12.1. The number of amides is 1. The van der Waals surface area contributed by atoms with E-state index < -0.39 is 5.97 Å². The van der Waals surface area contributed by atoms with Gasteiger partial charge in [0.25, 0.3) is 0 Å². The Morgan fingerprint density at radius 1 is 1.28 bits per heavy atom. The molecule has 0 aliphatic heterocycles. The van der Waals surface area contributed by atoms with E-state index >= 15 is 0 Å². The van der Waals surface area contributed by atoms with Crippen LogP contribution in [0.3, 0.4) is 0 Å². The van der Waals surface area contributed by atoms with Crippen LogP contribution in [0, 0.1) is 5.82 Å². The van der Waals surface area contributed by atoms with Gasteiger partial charge in [0.2, 0.25) is 5.91 Å². The average Bonchev–Trinajstić information content (AvgIpc) is 3.21. The number of nitrogens with one attached hydrogen (secondary N) is 1.